The summed E-state index contributed by atoms with van der Waals surface area (Å²) in [6.07, 6.45) is 0. The lowest BCUT2D eigenvalue weighted by molar-refractivity contribution is -0.384. The van der Waals surface area contributed by atoms with Gasteiger partial charge in [0, 0.05) is 6.07 Å². The lowest BCUT2D eigenvalue weighted by Crippen LogP contribution is -2.25. The first-order valence-electron chi connectivity index (χ1n) is 7.57. The zero-order valence-electron chi connectivity index (χ0n) is 14.4. The molecule has 9 heteroatoms. The van der Waals surface area contributed by atoms with E-state index in [-0.39, 0.29) is 17.3 Å². The van der Waals surface area contributed by atoms with Crippen molar-refractivity contribution in [2.24, 2.45) is 5.92 Å². The zero-order valence-corrected chi connectivity index (χ0v) is 15.1. The molecular weight excluding hydrogens is 348 g/mol. The van der Waals surface area contributed by atoms with Crippen molar-refractivity contribution in [3.8, 4) is 5.75 Å². The summed E-state index contributed by atoms with van der Waals surface area (Å²) in [6, 6.07) is 4.02. The van der Waals surface area contributed by atoms with Gasteiger partial charge >= 0.3 is 0 Å². The molecule has 134 valence electrons. The van der Waals surface area contributed by atoms with Gasteiger partial charge in [-0.2, -0.15) is 5.10 Å². The predicted octanol–water partition coefficient (Wildman–Crippen LogP) is 3.34. The molecule has 0 aliphatic heterocycles. The fourth-order valence-electron chi connectivity index (χ4n) is 2.35. The molecule has 1 amide bonds. The number of nitro benzene ring substituents is 1. The summed E-state index contributed by atoms with van der Waals surface area (Å²) in [7, 11) is 1.38. The fourth-order valence-corrected chi connectivity index (χ4v) is 2.48. The number of benzene rings is 1. The highest BCUT2D eigenvalue weighted by Crippen LogP contribution is 2.29. The van der Waals surface area contributed by atoms with E-state index in [1.807, 2.05) is 6.92 Å². The van der Waals surface area contributed by atoms with Crippen LogP contribution in [0.2, 0.25) is 5.02 Å². The number of halogens is 1. The number of anilines is 1. The summed E-state index contributed by atoms with van der Waals surface area (Å²) < 4.78 is 6.81. The van der Waals surface area contributed by atoms with E-state index in [9.17, 15) is 14.9 Å². The summed E-state index contributed by atoms with van der Waals surface area (Å²) in [5.74, 6) is -0.422. The third kappa shape index (κ3) is 4.08. The van der Waals surface area contributed by atoms with Crippen LogP contribution in [0.1, 0.15) is 18.3 Å². The number of rotatable bonds is 6. The first kappa shape index (κ1) is 18.7. The maximum atomic E-state index is 12.4. The van der Waals surface area contributed by atoms with Gasteiger partial charge in [-0.3, -0.25) is 19.6 Å². The van der Waals surface area contributed by atoms with E-state index in [1.165, 1.54) is 25.3 Å². The van der Waals surface area contributed by atoms with Crippen molar-refractivity contribution in [3.05, 3.63) is 44.7 Å². The quantitative estimate of drug-likeness (QED) is 0.624. The normalized spacial score (nSPS) is 11.9. The van der Waals surface area contributed by atoms with Crippen LogP contribution in [0.3, 0.4) is 0 Å². The Morgan fingerprint density at radius 1 is 1.48 bits per heavy atom. The highest BCUT2D eigenvalue weighted by atomic mass is 35.5. The topological polar surface area (TPSA) is 99.3 Å². The van der Waals surface area contributed by atoms with E-state index >= 15 is 0 Å². The maximum absolute atomic E-state index is 12.4. The molecule has 2 aromatic rings. The number of nitrogens with zero attached hydrogens (tertiary/aromatic N) is 3. The van der Waals surface area contributed by atoms with E-state index in [2.05, 4.69) is 10.4 Å². The predicted molar refractivity (Wildman–Crippen MR) is 94.2 cm³/mol. The largest absolute Gasteiger partial charge is 0.494 e. The van der Waals surface area contributed by atoms with Crippen LogP contribution >= 0.6 is 11.6 Å². The van der Waals surface area contributed by atoms with Gasteiger partial charge in [-0.1, -0.05) is 18.5 Å². The Bertz CT molecular complexity index is 819. The van der Waals surface area contributed by atoms with Crippen molar-refractivity contribution in [1.82, 2.24) is 9.78 Å². The first-order valence-corrected chi connectivity index (χ1v) is 7.95. The van der Waals surface area contributed by atoms with Gasteiger partial charge in [-0.15, -0.1) is 0 Å². The number of carbonyl (C=O) groups is 1. The van der Waals surface area contributed by atoms with Crippen LogP contribution in [-0.2, 0) is 11.3 Å². The van der Waals surface area contributed by atoms with Crippen molar-refractivity contribution < 1.29 is 14.5 Å². The number of aryl methyl sites for hydroxylation is 1. The number of methoxy groups -OCH3 is 1. The third-order valence-corrected chi connectivity index (χ3v) is 4.39. The Hall–Kier alpha value is -2.61. The van der Waals surface area contributed by atoms with Crippen molar-refractivity contribution in [3.63, 3.8) is 0 Å². The second kappa shape index (κ2) is 7.52. The second-order valence-electron chi connectivity index (χ2n) is 5.70. The highest BCUT2D eigenvalue weighted by Gasteiger charge is 2.19. The number of hydrogen-bond donors (Lipinski definition) is 1. The first-order chi connectivity index (χ1) is 11.7. The average Bonchev–Trinajstić information content (AvgIpc) is 2.81. The maximum Gasteiger partial charge on any atom is 0.273 e. The van der Waals surface area contributed by atoms with Crippen molar-refractivity contribution in [1.29, 1.82) is 0 Å². The Morgan fingerprint density at radius 2 is 2.16 bits per heavy atom. The molecular formula is C16H19ClN4O4. The van der Waals surface area contributed by atoms with Gasteiger partial charge in [-0.05, 0) is 19.9 Å². The Morgan fingerprint density at radius 3 is 2.68 bits per heavy atom. The number of nitrogens with one attached hydrogen (secondary N) is 1. The molecule has 1 atom stereocenters. The number of non-ortho nitro benzene ring substituents is 1. The lowest BCUT2D eigenvalue weighted by Gasteiger charge is -2.15. The zero-order chi connectivity index (χ0) is 18.7. The summed E-state index contributed by atoms with van der Waals surface area (Å²) in [5.41, 5.74) is 1.77. The van der Waals surface area contributed by atoms with Gasteiger partial charge in [0.25, 0.3) is 5.69 Å². The molecule has 0 spiro atoms. The summed E-state index contributed by atoms with van der Waals surface area (Å²) in [6.45, 7) is 5.77. The van der Waals surface area contributed by atoms with Crippen LogP contribution in [0.15, 0.2) is 18.2 Å². The van der Waals surface area contributed by atoms with Gasteiger partial charge in [0.05, 0.1) is 52.7 Å². The van der Waals surface area contributed by atoms with Gasteiger partial charge in [0.15, 0.2) is 0 Å². The minimum absolute atomic E-state index is 0.111. The van der Waals surface area contributed by atoms with E-state index in [1.54, 1.807) is 18.5 Å². The number of carbonyl (C=O) groups excluding carboxylic acids is 1. The van der Waals surface area contributed by atoms with Crippen LogP contribution in [0, 0.1) is 29.9 Å². The molecule has 0 saturated heterocycles. The minimum Gasteiger partial charge on any atom is -0.494 e. The summed E-state index contributed by atoms with van der Waals surface area (Å²) >= 11 is 6.12. The van der Waals surface area contributed by atoms with E-state index in [0.29, 0.717) is 22.9 Å². The minimum atomic E-state index is -0.524. The molecule has 1 aromatic heterocycles. The molecule has 1 N–H and O–H groups in total. The number of nitro groups is 1. The molecule has 1 unspecified atom stereocenters. The van der Waals surface area contributed by atoms with Crippen molar-refractivity contribution >= 4 is 28.9 Å². The van der Waals surface area contributed by atoms with Crippen LogP contribution < -0.4 is 10.1 Å². The van der Waals surface area contributed by atoms with Crippen LogP contribution in [-0.4, -0.2) is 27.7 Å². The molecule has 0 aliphatic carbocycles. The van der Waals surface area contributed by atoms with Crippen LogP contribution in [0.25, 0.3) is 0 Å². The van der Waals surface area contributed by atoms with Gasteiger partial charge in [0.2, 0.25) is 5.91 Å². The van der Waals surface area contributed by atoms with Crippen molar-refractivity contribution in [2.45, 2.75) is 27.3 Å². The molecule has 1 aromatic carbocycles. The van der Waals surface area contributed by atoms with Gasteiger partial charge in [0.1, 0.15) is 5.75 Å². The molecule has 0 radical (unpaired) electrons. The highest BCUT2D eigenvalue weighted by molar-refractivity contribution is 6.31. The molecule has 8 nitrogen and oxygen atoms in total. The van der Waals surface area contributed by atoms with E-state index in [0.717, 1.165) is 5.69 Å². The number of hydrogen-bond acceptors (Lipinski definition) is 5. The summed E-state index contributed by atoms with van der Waals surface area (Å²) in [5, 5.41) is 18.4. The fraction of sp³-hybridized carbons (Fsp3) is 0.375. The van der Waals surface area contributed by atoms with Gasteiger partial charge in [-0.25, -0.2) is 0 Å². The average molecular weight is 367 g/mol. The SMILES string of the molecule is COc1cc([N+](=O)[O-])ccc1NC(=O)C(C)Cn1nc(C)c(Cl)c1C. The number of aromatic nitrogens is 2. The Labute approximate surface area is 149 Å². The molecule has 1 heterocycles. The third-order valence-electron chi connectivity index (χ3n) is 3.84. The molecule has 0 saturated carbocycles. The molecule has 0 aliphatic rings. The molecule has 2 rings (SSSR count). The van der Waals surface area contributed by atoms with E-state index < -0.39 is 10.8 Å². The number of ether oxygens (including phenoxy) is 1. The van der Waals surface area contributed by atoms with Crippen LogP contribution in [0.5, 0.6) is 5.75 Å². The Kier molecular flexibility index (Phi) is 5.63. The smallest absolute Gasteiger partial charge is 0.273 e. The lowest BCUT2D eigenvalue weighted by atomic mass is 10.1. The Balaban J connectivity index is 2.13. The van der Waals surface area contributed by atoms with Crippen LogP contribution in [0.4, 0.5) is 11.4 Å². The van der Waals surface area contributed by atoms with Crippen molar-refractivity contribution in [2.75, 3.05) is 12.4 Å². The molecule has 0 fully saturated rings. The molecule has 25 heavy (non-hydrogen) atoms. The number of amides is 1. The van der Waals surface area contributed by atoms with Gasteiger partial charge < -0.3 is 10.1 Å². The standard InChI is InChI=1S/C16H19ClN4O4/c1-9(8-20-11(3)15(17)10(2)19-20)16(22)18-13-6-5-12(21(23)24)7-14(13)25-4/h5-7,9H,8H2,1-4H3,(H,18,22). The van der Waals surface area contributed by atoms with E-state index in [4.69, 9.17) is 16.3 Å². The molecule has 0 bridgehead atoms. The monoisotopic (exact) mass is 366 g/mol. The second-order valence-corrected chi connectivity index (χ2v) is 6.08. The summed E-state index contributed by atoms with van der Waals surface area (Å²) in [4.78, 5) is 22.7.